The fourth-order valence-electron chi connectivity index (χ4n) is 2.43. The molecule has 0 saturated carbocycles. The summed E-state index contributed by atoms with van der Waals surface area (Å²) < 4.78 is 40.5. The summed E-state index contributed by atoms with van der Waals surface area (Å²) >= 11 is 0. The third-order valence-corrected chi connectivity index (χ3v) is 3.29. The summed E-state index contributed by atoms with van der Waals surface area (Å²) in [7, 11) is 0. The molecule has 0 amide bonds. The Kier molecular flexibility index (Phi) is 3.80. The highest BCUT2D eigenvalue weighted by Crippen LogP contribution is 2.33. The number of fused-ring (bicyclic) bond motifs is 1. The molecule has 0 atom stereocenters. The second kappa shape index (κ2) is 5.04. The van der Waals surface area contributed by atoms with Crippen LogP contribution in [-0.2, 0) is 18.1 Å². The highest BCUT2D eigenvalue weighted by atomic mass is 19.4. The first kappa shape index (κ1) is 15.9. The van der Waals surface area contributed by atoms with Crippen molar-refractivity contribution in [1.82, 2.24) is 9.55 Å². The number of hydrogen-bond donors (Lipinski definition) is 0. The minimum Gasteiger partial charge on any atom is -0.327 e. The third-order valence-electron chi connectivity index (χ3n) is 3.29. The van der Waals surface area contributed by atoms with Gasteiger partial charge >= 0.3 is 6.18 Å². The molecule has 0 radical (unpaired) electrons. The predicted molar refractivity (Wildman–Crippen MR) is 78.3 cm³/mol. The van der Waals surface area contributed by atoms with Crippen LogP contribution >= 0.6 is 0 Å². The van der Waals surface area contributed by atoms with Gasteiger partial charge in [0.25, 0.3) is 0 Å². The van der Waals surface area contributed by atoms with Gasteiger partial charge in [-0.15, -0.1) is 0 Å². The van der Waals surface area contributed by atoms with Crippen LogP contribution in [0.3, 0.4) is 0 Å². The van der Waals surface area contributed by atoms with Crippen LogP contribution in [0.4, 0.5) is 13.2 Å². The molecular formula is C16H21F3N2. The smallest absolute Gasteiger partial charge is 0.327 e. The summed E-state index contributed by atoms with van der Waals surface area (Å²) in [6.45, 7) is 11.0. The minimum absolute atomic E-state index is 0.216. The maximum atomic E-state index is 12.8. The number of halogens is 3. The molecule has 0 fully saturated rings. The molecule has 0 spiro atoms. The summed E-state index contributed by atoms with van der Waals surface area (Å²) in [6, 6.07) is 3.80. The zero-order chi connectivity index (χ0) is 16.0. The van der Waals surface area contributed by atoms with Crippen molar-refractivity contribution >= 4 is 11.0 Å². The van der Waals surface area contributed by atoms with Crippen molar-refractivity contribution < 1.29 is 13.2 Å². The molecule has 0 bridgehead atoms. The Morgan fingerprint density at radius 3 is 2.24 bits per heavy atom. The van der Waals surface area contributed by atoms with Crippen LogP contribution < -0.4 is 0 Å². The topological polar surface area (TPSA) is 17.8 Å². The van der Waals surface area contributed by atoms with Gasteiger partial charge in [-0.25, -0.2) is 4.98 Å². The van der Waals surface area contributed by atoms with Crippen LogP contribution in [0.5, 0.6) is 0 Å². The normalized spacial score (nSPS) is 13.4. The molecule has 1 aromatic heterocycles. The molecule has 0 aliphatic rings. The quantitative estimate of drug-likeness (QED) is 0.762. The molecule has 0 aliphatic heterocycles. The lowest BCUT2D eigenvalue weighted by Gasteiger charge is -2.21. The van der Waals surface area contributed by atoms with E-state index in [1.54, 1.807) is 0 Å². The molecule has 21 heavy (non-hydrogen) atoms. The van der Waals surface area contributed by atoms with Gasteiger partial charge in [-0.3, -0.25) is 0 Å². The first-order valence-electron chi connectivity index (χ1n) is 7.08. The van der Waals surface area contributed by atoms with E-state index in [0.29, 0.717) is 11.4 Å². The standard InChI is InChI=1S/C16H21F3N2/c1-10(2)9-21-13-7-6-11(16(17,18)19)8-12(13)20-14(21)15(3,4)5/h6-8,10H,9H2,1-5H3. The first-order valence-corrected chi connectivity index (χ1v) is 7.08. The van der Waals surface area contributed by atoms with E-state index >= 15 is 0 Å². The Bertz CT molecular complexity index is 646. The van der Waals surface area contributed by atoms with Crippen LogP contribution in [0.1, 0.15) is 46.0 Å². The van der Waals surface area contributed by atoms with Gasteiger partial charge in [0, 0.05) is 12.0 Å². The van der Waals surface area contributed by atoms with Crippen LogP contribution in [0.25, 0.3) is 11.0 Å². The van der Waals surface area contributed by atoms with E-state index in [1.165, 1.54) is 6.07 Å². The van der Waals surface area contributed by atoms with E-state index in [-0.39, 0.29) is 5.41 Å². The van der Waals surface area contributed by atoms with Gasteiger partial charge in [0.2, 0.25) is 0 Å². The molecule has 116 valence electrons. The number of imidazole rings is 1. The van der Waals surface area contributed by atoms with E-state index in [2.05, 4.69) is 18.8 Å². The molecule has 1 aromatic carbocycles. The Morgan fingerprint density at radius 2 is 1.76 bits per heavy atom. The number of alkyl halides is 3. The molecule has 0 aliphatic carbocycles. The fourth-order valence-corrected chi connectivity index (χ4v) is 2.43. The highest BCUT2D eigenvalue weighted by molar-refractivity contribution is 5.77. The van der Waals surface area contributed by atoms with Crippen molar-refractivity contribution in [3.05, 3.63) is 29.6 Å². The zero-order valence-corrected chi connectivity index (χ0v) is 13.0. The van der Waals surface area contributed by atoms with E-state index in [9.17, 15) is 13.2 Å². The Morgan fingerprint density at radius 1 is 1.14 bits per heavy atom. The molecule has 0 unspecified atom stereocenters. The Hall–Kier alpha value is -1.52. The second-order valence-electron chi connectivity index (χ2n) is 6.89. The molecule has 2 rings (SSSR count). The summed E-state index contributed by atoms with van der Waals surface area (Å²) in [5.41, 5.74) is 0.313. The van der Waals surface area contributed by atoms with Crippen molar-refractivity contribution in [1.29, 1.82) is 0 Å². The summed E-state index contributed by atoms with van der Waals surface area (Å²) in [5, 5.41) is 0. The van der Waals surface area contributed by atoms with Crippen molar-refractivity contribution in [2.75, 3.05) is 0 Å². The lowest BCUT2D eigenvalue weighted by molar-refractivity contribution is -0.137. The van der Waals surface area contributed by atoms with Gasteiger partial charge in [-0.1, -0.05) is 34.6 Å². The van der Waals surface area contributed by atoms with Crippen LogP contribution in [0.2, 0.25) is 0 Å². The molecular weight excluding hydrogens is 277 g/mol. The maximum Gasteiger partial charge on any atom is 0.416 e. The molecule has 2 aromatic rings. The summed E-state index contributed by atoms with van der Waals surface area (Å²) in [6.07, 6.45) is -4.34. The molecule has 5 heteroatoms. The largest absolute Gasteiger partial charge is 0.416 e. The predicted octanol–water partition coefficient (Wildman–Crippen LogP) is 5.01. The number of rotatable bonds is 2. The monoisotopic (exact) mass is 298 g/mol. The summed E-state index contributed by atoms with van der Waals surface area (Å²) in [4.78, 5) is 4.47. The third kappa shape index (κ3) is 3.22. The average molecular weight is 298 g/mol. The lowest BCUT2D eigenvalue weighted by Crippen LogP contribution is -2.20. The number of nitrogens with zero attached hydrogens (tertiary/aromatic N) is 2. The van der Waals surface area contributed by atoms with Gasteiger partial charge in [0.05, 0.1) is 16.6 Å². The molecule has 0 N–H and O–H groups in total. The molecule has 0 saturated heterocycles. The van der Waals surface area contributed by atoms with Gasteiger partial charge in [-0.2, -0.15) is 13.2 Å². The number of hydrogen-bond acceptors (Lipinski definition) is 1. The van der Waals surface area contributed by atoms with E-state index in [0.717, 1.165) is 30.0 Å². The van der Waals surface area contributed by atoms with Gasteiger partial charge in [0.15, 0.2) is 0 Å². The van der Waals surface area contributed by atoms with Crippen molar-refractivity contribution in [2.45, 2.75) is 52.8 Å². The summed E-state index contributed by atoms with van der Waals surface area (Å²) in [5.74, 6) is 1.22. The Balaban J connectivity index is 2.67. The van der Waals surface area contributed by atoms with Crippen molar-refractivity contribution in [3.8, 4) is 0 Å². The maximum absolute atomic E-state index is 12.8. The van der Waals surface area contributed by atoms with E-state index in [1.807, 2.05) is 25.3 Å². The second-order valence-corrected chi connectivity index (χ2v) is 6.89. The SMILES string of the molecule is CC(C)Cn1c(C(C)(C)C)nc2cc(C(F)(F)F)ccc21. The van der Waals surface area contributed by atoms with Crippen molar-refractivity contribution in [2.24, 2.45) is 5.92 Å². The first-order chi connectivity index (χ1) is 9.50. The number of benzene rings is 1. The van der Waals surface area contributed by atoms with E-state index < -0.39 is 11.7 Å². The number of aromatic nitrogens is 2. The van der Waals surface area contributed by atoms with Crippen molar-refractivity contribution in [3.63, 3.8) is 0 Å². The van der Waals surface area contributed by atoms with E-state index in [4.69, 9.17) is 0 Å². The van der Waals surface area contributed by atoms with Crippen LogP contribution in [-0.4, -0.2) is 9.55 Å². The fraction of sp³-hybridized carbons (Fsp3) is 0.562. The lowest BCUT2D eigenvalue weighted by atomic mass is 9.95. The van der Waals surface area contributed by atoms with Gasteiger partial charge < -0.3 is 4.57 Å². The van der Waals surface area contributed by atoms with Crippen LogP contribution in [0.15, 0.2) is 18.2 Å². The minimum atomic E-state index is -4.34. The Labute approximate surface area is 123 Å². The van der Waals surface area contributed by atoms with Gasteiger partial charge in [0.1, 0.15) is 5.82 Å². The molecule has 2 nitrogen and oxygen atoms in total. The molecule has 1 heterocycles. The van der Waals surface area contributed by atoms with Gasteiger partial charge in [-0.05, 0) is 24.1 Å². The van der Waals surface area contributed by atoms with Crippen LogP contribution in [0, 0.1) is 5.92 Å². The zero-order valence-electron chi connectivity index (χ0n) is 13.0. The average Bonchev–Trinajstić information content (AvgIpc) is 2.65. The highest BCUT2D eigenvalue weighted by Gasteiger charge is 2.31.